The first-order valence-corrected chi connectivity index (χ1v) is 7.42. The maximum Gasteiger partial charge on any atom is 0.341 e. The molecule has 0 aliphatic carbocycles. The Bertz CT molecular complexity index is 683. The molecule has 0 amide bonds. The van der Waals surface area contributed by atoms with Gasteiger partial charge in [0.2, 0.25) is 0 Å². The molecule has 128 valence electrons. The lowest BCUT2D eigenvalue weighted by molar-refractivity contribution is 0.0516. The summed E-state index contributed by atoms with van der Waals surface area (Å²) >= 11 is 5.55. The summed E-state index contributed by atoms with van der Waals surface area (Å²) in [4.78, 5) is 29.3. The van der Waals surface area contributed by atoms with E-state index in [4.69, 9.17) is 16.3 Å². The molecule has 0 N–H and O–H groups in total. The monoisotopic (exact) mass is 354 g/mol. The van der Waals surface area contributed by atoms with Crippen molar-refractivity contribution in [2.24, 2.45) is 0 Å². The summed E-state index contributed by atoms with van der Waals surface area (Å²) in [5, 5.41) is -0.0557. The average Bonchev–Trinajstić information content (AvgIpc) is 2.59. The summed E-state index contributed by atoms with van der Waals surface area (Å²) in [7, 11) is 0. The van der Waals surface area contributed by atoms with Crippen LogP contribution in [0.15, 0.2) is 36.8 Å². The van der Waals surface area contributed by atoms with Gasteiger partial charge in [0.25, 0.3) is 0 Å². The molecule has 2 heterocycles. The number of carbonyl (C=O) groups excluding carboxylic acids is 2. The van der Waals surface area contributed by atoms with E-state index in [2.05, 4.69) is 14.7 Å². The minimum Gasteiger partial charge on any atom is -0.462 e. The van der Waals surface area contributed by atoms with E-state index in [0.29, 0.717) is 12.2 Å². The Morgan fingerprint density at radius 2 is 1.83 bits per heavy atom. The fourth-order valence-electron chi connectivity index (χ4n) is 1.47. The van der Waals surface area contributed by atoms with Crippen molar-refractivity contribution in [3.63, 3.8) is 0 Å². The lowest BCUT2D eigenvalue weighted by Crippen LogP contribution is -2.06. The van der Waals surface area contributed by atoms with Crippen LogP contribution in [0.25, 0.3) is 0 Å². The third-order valence-corrected chi connectivity index (χ3v) is 2.77. The average molecular weight is 355 g/mol. The van der Waals surface area contributed by atoms with Gasteiger partial charge in [0.15, 0.2) is 0 Å². The summed E-state index contributed by atoms with van der Waals surface area (Å²) in [6.07, 6.45) is 4.03. The van der Waals surface area contributed by atoms with Crippen LogP contribution in [0.1, 0.15) is 34.6 Å². The van der Waals surface area contributed by atoms with Gasteiger partial charge in [-0.3, -0.25) is 4.98 Å². The van der Waals surface area contributed by atoms with Crippen LogP contribution in [-0.4, -0.2) is 35.1 Å². The standard InChI is InChI=1S/C8H7ClFNO2.C8H9NO2/c1-2-13-8(12)6-3-5(10)4-11-7(6)9;1-2-11-8(10)7-4-3-5-9-6-7/h3-4H,2H2,1H3;3-6H,2H2,1H3. The highest BCUT2D eigenvalue weighted by Crippen LogP contribution is 2.14. The fraction of sp³-hybridized carbons (Fsp3) is 0.250. The van der Waals surface area contributed by atoms with Crippen LogP contribution in [0.2, 0.25) is 5.15 Å². The lowest BCUT2D eigenvalue weighted by atomic mass is 10.3. The van der Waals surface area contributed by atoms with Crippen LogP contribution >= 0.6 is 11.6 Å². The van der Waals surface area contributed by atoms with Gasteiger partial charge in [0.05, 0.1) is 30.5 Å². The maximum absolute atomic E-state index is 12.6. The summed E-state index contributed by atoms with van der Waals surface area (Å²) in [6, 6.07) is 4.37. The largest absolute Gasteiger partial charge is 0.462 e. The van der Waals surface area contributed by atoms with Crippen molar-refractivity contribution in [1.29, 1.82) is 0 Å². The van der Waals surface area contributed by atoms with Gasteiger partial charge in [-0.15, -0.1) is 0 Å². The Morgan fingerprint density at radius 3 is 2.42 bits per heavy atom. The summed E-state index contributed by atoms with van der Waals surface area (Å²) in [5.41, 5.74) is 0.442. The van der Waals surface area contributed by atoms with E-state index >= 15 is 0 Å². The second kappa shape index (κ2) is 10.3. The first-order chi connectivity index (χ1) is 11.5. The number of ether oxygens (including phenoxy) is 2. The zero-order valence-electron chi connectivity index (χ0n) is 13.2. The smallest absolute Gasteiger partial charge is 0.341 e. The molecule has 6 nitrogen and oxygen atoms in total. The normalized spacial score (nSPS) is 9.50. The number of carbonyl (C=O) groups is 2. The van der Waals surface area contributed by atoms with Crippen molar-refractivity contribution in [1.82, 2.24) is 9.97 Å². The molecular formula is C16H16ClFN2O4. The van der Waals surface area contributed by atoms with Crippen LogP contribution in [0.4, 0.5) is 4.39 Å². The van der Waals surface area contributed by atoms with Gasteiger partial charge in [0.1, 0.15) is 11.0 Å². The summed E-state index contributed by atoms with van der Waals surface area (Å²) in [5.74, 6) is -1.60. The minimum absolute atomic E-state index is 0.0523. The Balaban J connectivity index is 0.000000243. The highest BCUT2D eigenvalue weighted by molar-refractivity contribution is 6.32. The Labute approximate surface area is 143 Å². The van der Waals surface area contributed by atoms with Gasteiger partial charge in [-0.1, -0.05) is 11.6 Å². The number of aromatic nitrogens is 2. The number of hydrogen-bond acceptors (Lipinski definition) is 6. The molecule has 0 fully saturated rings. The fourth-order valence-corrected chi connectivity index (χ4v) is 1.65. The molecule has 2 aromatic heterocycles. The number of hydrogen-bond donors (Lipinski definition) is 0. The minimum atomic E-state index is -0.667. The molecular weight excluding hydrogens is 339 g/mol. The molecule has 0 radical (unpaired) electrons. The summed E-state index contributed by atoms with van der Waals surface area (Å²) < 4.78 is 22.0. The Kier molecular flexibility index (Phi) is 8.35. The van der Waals surface area contributed by atoms with Gasteiger partial charge < -0.3 is 9.47 Å². The van der Waals surface area contributed by atoms with Crippen molar-refractivity contribution in [2.45, 2.75) is 13.8 Å². The molecule has 0 spiro atoms. The lowest BCUT2D eigenvalue weighted by Gasteiger charge is -2.02. The van der Waals surface area contributed by atoms with Crippen molar-refractivity contribution < 1.29 is 23.5 Å². The molecule has 0 unspecified atom stereocenters. The second-order valence-corrected chi connectivity index (χ2v) is 4.53. The van der Waals surface area contributed by atoms with Crippen LogP contribution in [0.3, 0.4) is 0 Å². The molecule has 0 saturated carbocycles. The third kappa shape index (κ3) is 6.29. The van der Waals surface area contributed by atoms with E-state index in [0.717, 1.165) is 12.3 Å². The topological polar surface area (TPSA) is 78.4 Å². The molecule has 0 saturated heterocycles. The molecule has 2 rings (SSSR count). The zero-order valence-corrected chi connectivity index (χ0v) is 13.9. The van der Waals surface area contributed by atoms with E-state index in [1.54, 1.807) is 32.2 Å². The number of nitrogens with zero attached hydrogens (tertiary/aromatic N) is 2. The molecule has 0 aromatic carbocycles. The summed E-state index contributed by atoms with van der Waals surface area (Å²) in [6.45, 7) is 4.03. The van der Waals surface area contributed by atoms with Crippen LogP contribution in [0, 0.1) is 5.82 Å². The quantitative estimate of drug-likeness (QED) is 0.619. The van der Waals surface area contributed by atoms with E-state index in [1.807, 2.05) is 0 Å². The van der Waals surface area contributed by atoms with E-state index in [1.165, 1.54) is 6.20 Å². The number of rotatable bonds is 4. The first kappa shape index (κ1) is 19.5. The Hall–Kier alpha value is -2.54. The Morgan fingerprint density at radius 1 is 1.17 bits per heavy atom. The number of esters is 2. The number of pyridine rings is 2. The highest BCUT2D eigenvalue weighted by Gasteiger charge is 2.13. The first-order valence-electron chi connectivity index (χ1n) is 7.04. The van der Waals surface area contributed by atoms with Gasteiger partial charge >= 0.3 is 11.9 Å². The van der Waals surface area contributed by atoms with E-state index in [9.17, 15) is 14.0 Å². The predicted molar refractivity (Wildman–Crippen MR) is 85.4 cm³/mol. The van der Waals surface area contributed by atoms with Crippen LogP contribution in [-0.2, 0) is 9.47 Å². The van der Waals surface area contributed by atoms with Crippen molar-refractivity contribution in [3.05, 3.63) is 58.9 Å². The number of halogens is 2. The molecule has 0 aliphatic rings. The van der Waals surface area contributed by atoms with Crippen molar-refractivity contribution >= 4 is 23.5 Å². The predicted octanol–water partition coefficient (Wildman–Crippen LogP) is 3.31. The molecule has 24 heavy (non-hydrogen) atoms. The van der Waals surface area contributed by atoms with Gasteiger partial charge in [-0.2, -0.15) is 0 Å². The zero-order chi connectivity index (χ0) is 17.9. The molecule has 2 aromatic rings. The van der Waals surface area contributed by atoms with E-state index < -0.39 is 11.8 Å². The van der Waals surface area contributed by atoms with Crippen LogP contribution < -0.4 is 0 Å². The van der Waals surface area contributed by atoms with Crippen molar-refractivity contribution in [3.8, 4) is 0 Å². The second-order valence-electron chi connectivity index (χ2n) is 4.17. The van der Waals surface area contributed by atoms with Gasteiger partial charge in [0, 0.05) is 12.4 Å². The molecule has 0 aliphatic heterocycles. The highest BCUT2D eigenvalue weighted by atomic mass is 35.5. The third-order valence-electron chi connectivity index (χ3n) is 2.47. The SMILES string of the molecule is CCOC(=O)c1cc(F)cnc1Cl.CCOC(=O)c1cccnc1. The van der Waals surface area contributed by atoms with Gasteiger partial charge in [-0.05, 0) is 32.0 Å². The molecule has 0 atom stereocenters. The van der Waals surface area contributed by atoms with Crippen molar-refractivity contribution in [2.75, 3.05) is 13.2 Å². The molecule has 0 bridgehead atoms. The maximum atomic E-state index is 12.6. The molecule has 8 heteroatoms. The van der Waals surface area contributed by atoms with Gasteiger partial charge in [-0.25, -0.2) is 19.0 Å². The van der Waals surface area contributed by atoms with Crippen LogP contribution in [0.5, 0.6) is 0 Å². The van der Waals surface area contributed by atoms with E-state index in [-0.39, 0.29) is 23.3 Å².